The van der Waals surface area contributed by atoms with E-state index in [4.69, 9.17) is 33.7 Å². The van der Waals surface area contributed by atoms with Gasteiger partial charge in [-0.15, -0.1) is 0 Å². The molecule has 0 amide bonds. The average molecular weight is 828 g/mol. The van der Waals surface area contributed by atoms with E-state index in [1.54, 1.807) is 31.4 Å². The van der Waals surface area contributed by atoms with Crippen LogP contribution in [0.5, 0.6) is 5.75 Å². The number of benzene rings is 1. The minimum absolute atomic E-state index is 0.0480. The van der Waals surface area contributed by atoms with Crippen LogP contribution in [0.2, 0.25) is 0 Å². The highest BCUT2D eigenvalue weighted by Crippen LogP contribution is 2.50. The zero-order chi connectivity index (χ0) is 41.5. The lowest BCUT2D eigenvalue weighted by Crippen LogP contribution is -2.29. The van der Waals surface area contributed by atoms with E-state index in [0.29, 0.717) is 17.7 Å². The van der Waals surface area contributed by atoms with Crippen LogP contribution in [0.3, 0.4) is 0 Å². The second-order valence-electron chi connectivity index (χ2n) is 15.3. The molecule has 1 aromatic rings. The third-order valence-corrected chi connectivity index (χ3v) is 11.5. The summed E-state index contributed by atoms with van der Waals surface area (Å²) in [6.45, 7) is 3.62. The molecule has 11 nitrogen and oxygen atoms in total. The van der Waals surface area contributed by atoms with E-state index in [1.165, 1.54) is 122 Å². The largest absolute Gasteiger partial charge is 0.497 e. The van der Waals surface area contributed by atoms with Crippen LogP contribution in [-0.4, -0.2) is 51.6 Å². The minimum atomic E-state index is -4.17. The molecule has 0 radical (unpaired) electrons. The van der Waals surface area contributed by atoms with Crippen molar-refractivity contribution in [1.29, 1.82) is 0 Å². The molecule has 0 aliphatic heterocycles. The molecule has 1 rings (SSSR count). The molecule has 0 aromatic heterocycles. The van der Waals surface area contributed by atoms with Gasteiger partial charge >= 0.3 is 19.8 Å². The Bertz CT molecular complexity index is 1120. The molecule has 57 heavy (non-hydrogen) atoms. The lowest BCUT2D eigenvalue weighted by Gasteiger charge is -2.22. The van der Waals surface area contributed by atoms with Crippen molar-refractivity contribution in [2.45, 2.75) is 206 Å². The molecule has 2 N–H and O–H groups in total. The Morgan fingerprint density at radius 1 is 0.561 bits per heavy atom. The first-order chi connectivity index (χ1) is 27.9. The lowest BCUT2D eigenvalue weighted by atomic mass is 10.0. The topological polar surface area (TPSA) is 142 Å². The fraction of sp³-hybridized carbons (Fsp3) is 0.822. The first-order valence-electron chi connectivity index (χ1n) is 22.7. The van der Waals surface area contributed by atoms with Gasteiger partial charge in [0.05, 0.1) is 33.5 Å². The molecule has 2 atom stereocenters. The van der Waals surface area contributed by atoms with Crippen LogP contribution >= 0.6 is 7.82 Å². The van der Waals surface area contributed by atoms with E-state index < -0.39 is 19.9 Å². The number of hydrogen-bond donors (Lipinski definition) is 1. The number of rotatable bonds is 42. The number of esters is 2. The molecule has 332 valence electrons. The molecule has 0 aliphatic carbocycles. The zero-order valence-electron chi connectivity index (χ0n) is 36.3. The number of unbranched alkanes of at least 4 members (excludes halogenated alkanes) is 24. The predicted octanol–water partition coefficient (Wildman–Crippen LogP) is 12.7. The highest BCUT2D eigenvalue weighted by atomic mass is 31.2. The van der Waals surface area contributed by atoms with Crippen molar-refractivity contribution in [2.24, 2.45) is 5.90 Å². The van der Waals surface area contributed by atoms with Crippen molar-refractivity contribution in [1.82, 2.24) is 0 Å². The van der Waals surface area contributed by atoms with E-state index >= 15 is 0 Å². The van der Waals surface area contributed by atoms with Crippen molar-refractivity contribution in [3.05, 3.63) is 29.8 Å². The van der Waals surface area contributed by atoms with Gasteiger partial charge in [0.2, 0.25) is 0 Å². The van der Waals surface area contributed by atoms with Gasteiger partial charge in [0.15, 0.2) is 6.10 Å². The highest BCUT2D eigenvalue weighted by molar-refractivity contribution is 7.48. The summed E-state index contributed by atoms with van der Waals surface area (Å²) in [5.74, 6) is 5.00. The molecule has 0 bridgehead atoms. The van der Waals surface area contributed by atoms with Crippen LogP contribution in [0.25, 0.3) is 0 Å². The Labute approximate surface area is 347 Å². The van der Waals surface area contributed by atoms with E-state index in [-0.39, 0.29) is 51.8 Å². The number of ether oxygens (including phenoxy) is 3. The maximum Gasteiger partial charge on any atom is 0.475 e. The van der Waals surface area contributed by atoms with Crippen molar-refractivity contribution >= 4 is 19.8 Å². The van der Waals surface area contributed by atoms with Crippen LogP contribution in [0, 0.1) is 0 Å². The standard InChI is InChI=1S/C45H82NO10P/c1-4-6-8-10-12-14-16-18-20-22-24-26-28-30-44(47)51-39-43(56-45(48)31-29-27-25-23-21-19-17-15-13-11-9-7-5-2)40-55-57(49,53-37-36-52-46)54-38-41-32-34-42(50-3)35-33-41/h32-35,43H,4-31,36-40,46H2,1-3H3/t43-,57?/m1/s1. The average Bonchev–Trinajstić information content (AvgIpc) is 3.22. The molecule has 0 saturated heterocycles. The summed E-state index contributed by atoms with van der Waals surface area (Å²) in [6, 6.07) is 7.05. The van der Waals surface area contributed by atoms with Crippen molar-refractivity contribution in [2.75, 3.05) is 33.5 Å². The summed E-state index contributed by atoms with van der Waals surface area (Å²) < 4.78 is 46.8. The van der Waals surface area contributed by atoms with Crippen LogP contribution < -0.4 is 10.6 Å². The SMILES string of the molecule is CCCCCCCCCCCCCCCC(=O)OC[C@H](COP(=O)(OCCON)OCc1ccc(OC)cc1)OC(=O)CCCCCCCCCCCCCCC. The van der Waals surface area contributed by atoms with Gasteiger partial charge < -0.3 is 19.0 Å². The number of methoxy groups -OCH3 is 1. The summed E-state index contributed by atoms with van der Waals surface area (Å²) in [7, 11) is -2.60. The lowest BCUT2D eigenvalue weighted by molar-refractivity contribution is -0.161. The number of carbonyl (C=O) groups excluding carboxylic acids is 2. The van der Waals surface area contributed by atoms with Gasteiger partial charge in [-0.1, -0.05) is 180 Å². The summed E-state index contributed by atoms with van der Waals surface area (Å²) in [4.78, 5) is 30.2. The second kappa shape index (κ2) is 38.2. The second-order valence-corrected chi connectivity index (χ2v) is 17.0. The Morgan fingerprint density at radius 3 is 1.44 bits per heavy atom. The molecule has 0 spiro atoms. The van der Waals surface area contributed by atoms with Crippen molar-refractivity contribution < 1.29 is 46.8 Å². The number of phosphoric ester groups is 1. The minimum Gasteiger partial charge on any atom is -0.497 e. The van der Waals surface area contributed by atoms with Crippen molar-refractivity contribution in [3.63, 3.8) is 0 Å². The molecule has 1 unspecified atom stereocenters. The fourth-order valence-electron chi connectivity index (χ4n) is 6.55. The van der Waals surface area contributed by atoms with E-state index in [0.717, 1.165) is 38.5 Å². The number of hydrogen-bond acceptors (Lipinski definition) is 11. The molecule has 0 heterocycles. The Morgan fingerprint density at radius 2 is 1.00 bits per heavy atom. The van der Waals surface area contributed by atoms with Gasteiger partial charge in [0.1, 0.15) is 12.4 Å². The van der Waals surface area contributed by atoms with Gasteiger partial charge in [-0.2, -0.15) is 0 Å². The van der Waals surface area contributed by atoms with Gasteiger partial charge in [0.25, 0.3) is 0 Å². The molecule has 0 saturated carbocycles. The molecule has 0 aliphatic rings. The van der Waals surface area contributed by atoms with Crippen LogP contribution in [0.4, 0.5) is 0 Å². The Hall–Kier alpha value is -2.01. The number of phosphoric acid groups is 1. The molecule has 1 aromatic carbocycles. The Kier molecular flexibility index (Phi) is 35.5. The highest BCUT2D eigenvalue weighted by Gasteiger charge is 2.30. The maximum absolute atomic E-state index is 13.6. The maximum atomic E-state index is 13.6. The predicted molar refractivity (Wildman–Crippen MR) is 229 cm³/mol. The summed E-state index contributed by atoms with van der Waals surface area (Å²) in [5.41, 5.74) is 0.709. The van der Waals surface area contributed by atoms with Crippen LogP contribution in [0.1, 0.15) is 199 Å². The van der Waals surface area contributed by atoms with Gasteiger partial charge in [-0.3, -0.25) is 23.2 Å². The third-order valence-electron chi connectivity index (χ3n) is 10.1. The first-order valence-corrected chi connectivity index (χ1v) is 24.1. The monoisotopic (exact) mass is 828 g/mol. The fourth-order valence-corrected chi connectivity index (χ4v) is 7.73. The molecular weight excluding hydrogens is 745 g/mol. The molecule has 12 heteroatoms. The molecular formula is C45H82NO10P. The zero-order valence-corrected chi connectivity index (χ0v) is 37.2. The van der Waals surface area contributed by atoms with Gasteiger partial charge in [-0.05, 0) is 30.5 Å². The number of carbonyl (C=O) groups is 2. The first kappa shape index (κ1) is 53.0. The van der Waals surface area contributed by atoms with Gasteiger partial charge in [-0.25, -0.2) is 10.5 Å². The Balaban J connectivity index is 2.56. The summed E-state index contributed by atoms with van der Waals surface area (Å²) in [6.07, 6.45) is 31.1. The van der Waals surface area contributed by atoms with E-state index in [9.17, 15) is 14.2 Å². The third kappa shape index (κ3) is 32.5. The van der Waals surface area contributed by atoms with E-state index in [1.807, 2.05) is 0 Å². The van der Waals surface area contributed by atoms with Crippen LogP contribution in [0.15, 0.2) is 24.3 Å². The van der Waals surface area contributed by atoms with Gasteiger partial charge in [0, 0.05) is 12.8 Å². The summed E-state index contributed by atoms with van der Waals surface area (Å²) in [5, 5.41) is 0. The molecule has 0 fully saturated rings. The smallest absolute Gasteiger partial charge is 0.475 e. The number of nitrogens with two attached hydrogens (primary N) is 1. The van der Waals surface area contributed by atoms with Crippen LogP contribution in [-0.2, 0) is 48.6 Å². The van der Waals surface area contributed by atoms with E-state index in [2.05, 4.69) is 18.7 Å². The summed E-state index contributed by atoms with van der Waals surface area (Å²) >= 11 is 0. The quantitative estimate of drug-likeness (QED) is 0.0291. The van der Waals surface area contributed by atoms with Crippen molar-refractivity contribution in [3.8, 4) is 5.75 Å². The normalized spacial score (nSPS) is 13.0.